The number of carbonyl (C=O) groups excluding carboxylic acids is 2. The van der Waals surface area contributed by atoms with Crippen molar-refractivity contribution in [3.63, 3.8) is 0 Å². The highest BCUT2D eigenvalue weighted by molar-refractivity contribution is 9.10. The van der Waals surface area contributed by atoms with E-state index in [2.05, 4.69) is 36.8 Å². The number of rotatable bonds is 2. The maximum Gasteiger partial charge on any atom is 0.273 e. The number of anilines is 1. The lowest BCUT2D eigenvalue weighted by Gasteiger charge is -2.11. The third-order valence-corrected chi connectivity index (χ3v) is 2.62. The van der Waals surface area contributed by atoms with E-state index in [9.17, 15) is 9.59 Å². The first-order chi connectivity index (χ1) is 8.15. The smallest absolute Gasteiger partial charge is 0.273 e. The summed E-state index contributed by atoms with van der Waals surface area (Å²) in [5.41, 5.74) is 2.57. The molecule has 0 aliphatic carbocycles. The van der Waals surface area contributed by atoms with E-state index in [4.69, 9.17) is 0 Å². The molecule has 2 rings (SSSR count). The molecule has 0 aromatic carbocycles. The van der Waals surface area contributed by atoms with Gasteiger partial charge in [-0.2, -0.15) is 5.10 Å². The third-order valence-electron chi connectivity index (χ3n) is 2.13. The van der Waals surface area contributed by atoms with Crippen molar-refractivity contribution < 1.29 is 9.59 Å². The standard InChI is InChI=1S/C10H9BrN4O2/c11-6-3-4-12-8(5-6)13-10(17)7-1-2-9(16)15-14-7/h3-5H,1-2H2,(H,15,16)(H,12,13,17). The van der Waals surface area contributed by atoms with Crippen molar-refractivity contribution >= 4 is 39.3 Å². The van der Waals surface area contributed by atoms with E-state index in [0.717, 1.165) is 4.47 Å². The molecule has 2 heterocycles. The molecule has 17 heavy (non-hydrogen) atoms. The van der Waals surface area contributed by atoms with E-state index in [1.54, 1.807) is 18.3 Å². The second kappa shape index (κ2) is 5.05. The van der Waals surface area contributed by atoms with Crippen LogP contribution in [0, 0.1) is 0 Å². The van der Waals surface area contributed by atoms with Crippen LogP contribution in [0.4, 0.5) is 5.82 Å². The van der Waals surface area contributed by atoms with Crippen molar-refractivity contribution in [1.82, 2.24) is 10.4 Å². The van der Waals surface area contributed by atoms with Crippen molar-refractivity contribution in [2.24, 2.45) is 5.10 Å². The zero-order valence-corrected chi connectivity index (χ0v) is 10.3. The van der Waals surface area contributed by atoms with Gasteiger partial charge < -0.3 is 5.32 Å². The number of nitrogens with zero attached hydrogens (tertiary/aromatic N) is 2. The minimum absolute atomic E-state index is 0.179. The molecule has 0 bridgehead atoms. The summed E-state index contributed by atoms with van der Waals surface area (Å²) in [6.45, 7) is 0. The largest absolute Gasteiger partial charge is 0.305 e. The van der Waals surface area contributed by atoms with Crippen LogP contribution in [0.1, 0.15) is 12.8 Å². The molecule has 1 aromatic heterocycles. The van der Waals surface area contributed by atoms with Crippen molar-refractivity contribution in [2.45, 2.75) is 12.8 Å². The molecule has 2 N–H and O–H groups in total. The first-order valence-corrected chi connectivity index (χ1v) is 5.73. The molecule has 0 radical (unpaired) electrons. The predicted octanol–water partition coefficient (Wildman–Crippen LogP) is 1.05. The number of hydrogen-bond acceptors (Lipinski definition) is 4. The zero-order valence-electron chi connectivity index (χ0n) is 8.74. The van der Waals surface area contributed by atoms with Gasteiger partial charge in [0.15, 0.2) is 0 Å². The molecular weight excluding hydrogens is 288 g/mol. The summed E-state index contributed by atoms with van der Waals surface area (Å²) in [6.07, 6.45) is 2.19. The average Bonchev–Trinajstić information content (AvgIpc) is 2.29. The molecule has 0 atom stereocenters. The quantitative estimate of drug-likeness (QED) is 0.855. The SMILES string of the molecule is O=C1CCC(C(=O)Nc2cc(Br)ccn2)=NN1. The Morgan fingerprint density at radius 2 is 2.29 bits per heavy atom. The fourth-order valence-corrected chi connectivity index (χ4v) is 1.63. The van der Waals surface area contributed by atoms with Gasteiger partial charge in [-0.1, -0.05) is 15.9 Å². The highest BCUT2D eigenvalue weighted by atomic mass is 79.9. The van der Waals surface area contributed by atoms with Gasteiger partial charge in [-0.3, -0.25) is 9.59 Å². The molecule has 0 saturated carbocycles. The van der Waals surface area contributed by atoms with Crippen LogP contribution >= 0.6 is 15.9 Å². The van der Waals surface area contributed by atoms with Crippen molar-refractivity contribution in [3.05, 3.63) is 22.8 Å². The minimum atomic E-state index is -0.351. The Labute approximate surface area is 106 Å². The molecule has 88 valence electrons. The van der Waals surface area contributed by atoms with Crippen LogP contribution in [0.2, 0.25) is 0 Å². The Balaban J connectivity index is 2.04. The summed E-state index contributed by atoms with van der Waals surface area (Å²) in [6, 6.07) is 3.44. The summed E-state index contributed by atoms with van der Waals surface area (Å²) in [5, 5.41) is 6.30. The Morgan fingerprint density at radius 1 is 1.47 bits per heavy atom. The van der Waals surface area contributed by atoms with Crippen LogP contribution in [0.3, 0.4) is 0 Å². The molecule has 1 aliphatic rings. The van der Waals surface area contributed by atoms with E-state index in [0.29, 0.717) is 18.0 Å². The third kappa shape index (κ3) is 3.10. The lowest BCUT2D eigenvalue weighted by molar-refractivity contribution is -0.121. The van der Waals surface area contributed by atoms with Crippen molar-refractivity contribution in [1.29, 1.82) is 0 Å². The molecule has 0 unspecified atom stereocenters. The van der Waals surface area contributed by atoms with Crippen LogP contribution in [-0.4, -0.2) is 22.5 Å². The van der Waals surface area contributed by atoms with E-state index in [1.165, 1.54) is 0 Å². The number of nitrogens with one attached hydrogen (secondary N) is 2. The summed E-state index contributed by atoms with van der Waals surface area (Å²) in [4.78, 5) is 26.6. The van der Waals surface area contributed by atoms with Gasteiger partial charge >= 0.3 is 0 Å². The Morgan fingerprint density at radius 3 is 2.94 bits per heavy atom. The van der Waals surface area contributed by atoms with Gasteiger partial charge in [0.05, 0.1) is 0 Å². The zero-order chi connectivity index (χ0) is 12.3. The van der Waals surface area contributed by atoms with E-state index in [-0.39, 0.29) is 18.2 Å². The molecular formula is C10H9BrN4O2. The maximum atomic E-state index is 11.7. The van der Waals surface area contributed by atoms with E-state index < -0.39 is 0 Å². The van der Waals surface area contributed by atoms with Gasteiger partial charge in [-0.15, -0.1) is 0 Å². The lowest BCUT2D eigenvalue weighted by atomic mass is 10.1. The lowest BCUT2D eigenvalue weighted by Crippen LogP contribution is -2.32. The van der Waals surface area contributed by atoms with Gasteiger partial charge in [0.2, 0.25) is 5.91 Å². The molecule has 0 fully saturated rings. The number of aromatic nitrogens is 1. The Bertz CT molecular complexity index is 501. The maximum absolute atomic E-state index is 11.7. The number of halogens is 1. The summed E-state index contributed by atoms with van der Waals surface area (Å²) >= 11 is 3.28. The first-order valence-electron chi connectivity index (χ1n) is 4.93. The summed E-state index contributed by atoms with van der Waals surface area (Å²) in [5.74, 6) is -0.0956. The minimum Gasteiger partial charge on any atom is -0.305 e. The summed E-state index contributed by atoms with van der Waals surface area (Å²) < 4.78 is 0.821. The van der Waals surface area contributed by atoms with Crippen molar-refractivity contribution in [3.8, 4) is 0 Å². The molecule has 1 aromatic rings. The number of hydrazone groups is 1. The van der Waals surface area contributed by atoms with Crippen LogP contribution in [-0.2, 0) is 9.59 Å². The van der Waals surface area contributed by atoms with Gasteiger partial charge in [-0.25, -0.2) is 10.4 Å². The normalized spacial score (nSPS) is 14.9. The fraction of sp³-hybridized carbons (Fsp3) is 0.200. The number of carbonyl (C=O) groups is 2. The Hall–Kier alpha value is -1.76. The molecule has 7 heteroatoms. The van der Waals surface area contributed by atoms with Gasteiger partial charge in [0, 0.05) is 23.5 Å². The van der Waals surface area contributed by atoms with Gasteiger partial charge in [0.1, 0.15) is 11.5 Å². The predicted molar refractivity (Wildman–Crippen MR) is 65.4 cm³/mol. The van der Waals surface area contributed by atoms with E-state index >= 15 is 0 Å². The van der Waals surface area contributed by atoms with Crippen LogP contribution in [0.25, 0.3) is 0 Å². The summed E-state index contributed by atoms with van der Waals surface area (Å²) in [7, 11) is 0. The van der Waals surface area contributed by atoms with Crippen LogP contribution in [0.15, 0.2) is 27.9 Å². The van der Waals surface area contributed by atoms with Gasteiger partial charge in [0.25, 0.3) is 5.91 Å². The fourth-order valence-electron chi connectivity index (χ4n) is 1.30. The molecule has 0 saturated heterocycles. The number of pyridine rings is 1. The van der Waals surface area contributed by atoms with Crippen LogP contribution < -0.4 is 10.7 Å². The first kappa shape index (κ1) is 11.7. The topological polar surface area (TPSA) is 83.5 Å². The number of amides is 2. The van der Waals surface area contributed by atoms with Crippen molar-refractivity contribution in [2.75, 3.05) is 5.32 Å². The molecule has 0 spiro atoms. The van der Waals surface area contributed by atoms with E-state index in [1.807, 2.05) is 0 Å². The van der Waals surface area contributed by atoms with Gasteiger partial charge in [-0.05, 0) is 12.1 Å². The Kier molecular flexibility index (Phi) is 3.48. The average molecular weight is 297 g/mol. The monoisotopic (exact) mass is 296 g/mol. The second-order valence-corrected chi connectivity index (χ2v) is 4.32. The highest BCUT2D eigenvalue weighted by Crippen LogP contribution is 2.13. The highest BCUT2D eigenvalue weighted by Gasteiger charge is 2.18. The molecule has 2 amide bonds. The van der Waals surface area contributed by atoms with Crippen LogP contribution in [0.5, 0.6) is 0 Å². The number of hydrogen-bond donors (Lipinski definition) is 2. The molecule has 6 nitrogen and oxygen atoms in total. The molecule has 1 aliphatic heterocycles. The second-order valence-electron chi connectivity index (χ2n) is 3.41.